The first-order valence-electron chi connectivity index (χ1n) is 7.28. The van der Waals surface area contributed by atoms with E-state index in [1.54, 1.807) is 14.2 Å². The molecule has 118 valence electrons. The van der Waals surface area contributed by atoms with E-state index in [4.69, 9.17) is 9.47 Å². The summed E-state index contributed by atoms with van der Waals surface area (Å²) >= 11 is 0. The molecule has 0 fully saturated rings. The second kappa shape index (κ2) is 10.3. The van der Waals surface area contributed by atoms with Crippen molar-refractivity contribution < 1.29 is 14.3 Å². The number of carbonyl (C=O) groups is 1. The second-order valence-corrected chi connectivity index (χ2v) is 4.86. The maximum absolute atomic E-state index is 12.1. The van der Waals surface area contributed by atoms with Crippen molar-refractivity contribution in [2.75, 3.05) is 52.4 Å². The van der Waals surface area contributed by atoms with Gasteiger partial charge in [0.05, 0.1) is 19.8 Å². The molecule has 0 saturated carbocycles. The van der Waals surface area contributed by atoms with E-state index in [0.29, 0.717) is 32.8 Å². The summed E-state index contributed by atoms with van der Waals surface area (Å²) in [6, 6.07) is 7.93. The van der Waals surface area contributed by atoms with E-state index in [2.05, 4.69) is 18.3 Å². The van der Waals surface area contributed by atoms with Gasteiger partial charge in [-0.25, -0.2) is 0 Å². The van der Waals surface area contributed by atoms with E-state index in [9.17, 15) is 4.79 Å². The van der Waals surface area contributed by atoms with Gasteiger partial charge in [-0.2, -0.15) is 0 Å². The Balaban J connectivity index is 2.51. The number of hydrogen-bond acceptors (Lipinski definition) is 4. The van der Waals surface area contributed by atoms with Crippen LogP contribution in [-0.2, 0) is 20.7 Å². The van der Waals surface area contributed by atoms with Crippen LogP contribution in [0.1, 0.15) is 12.5 Å². The largest absolute Gasteiger partial charge is 0.383 e. The van der Waals surface area contributed by atoms with E-state index in [-0.39, 0.29) is 5.91 Å². The highest BCUT2D eigenvalue weighted by Gasteiger charge is 2.10. The molecule has 0 bridgehead atoms. The van der Waals surface area contributed by atoms with Crippen molar-refractivity contribution in [3.63, 3.8) is 0 Å². The summed E-state index contributed by atoms with van der Waals surface area (Å²) in [4.78, 5) is 14.1. The fourth-order valence-electron chi connectivity index (χ4n) is 1.98. The van der Waals surface area contributed by atoms with Gasteiger partial charge >= 0.3 is 0 Å². The summed E-state index contributed by atoms with van der Waals surface area (Å²) in [5.74, 6) is -0.0181. The number of anilines is 1. The van der Waals surface area contributed by atoms with Crippen LogP contribution >= 0.6 is 0 Å². The van der Waals surface area contributed by atoms with Crippen molar-refractivity contribution in [3.05, 3.63) is 29.8 Å². The van der Waals surface area contributed by atoms with Gasteiger partial charge in [-0.3, -0.25) is 9.69 Å². The quantitative estimate of drug-likeness (QED) is 0.715. The summed E-state index contributed by atoms with van der Waals surface area (Å²) in [6.45, 7) is 5.05. The summed E-state index contributed by atoms with van der Waals surface area (Å²) in [5, 5.41) is 2.94. The minimum absolute atomic E-state index is 0.0181. The molecule has 0 aliphatic carbocycles. The van der Waals surface area contributed by atoms with Crippen molar-refractivity contribution in [3.8, 4) is 0 Å². The van der Waals surface area contributed by atoms with Crippen molar-refractivity contribution in [1.29, 1.82) is 0 Å². The number of hydrogen-bond donors (Lipinski definition) is 1. The molecule has 0 atom stereocenters. The zero-order valence-electron chi connectivity index (χ0n) is 13.2. The molecule has 1 N–H and O–H groups in total. The maximum Gasteiger partial charge on any atom is 0.238 e. The van der Waals surface area contributed by atoms with Gasteiger partial charge in [0.1, 0.15) is 0 Å². The van der Waals surface area contributed by atoms with Crippen molar-refractivity contribution in [2.24, 2.45) is 0 Å². The third-order valence-electron chi connectivity index (χ3n) is 3.21. The first-order valence-corrected chi connectivity index (χ1v) is 7.28. The Hall–Kier alpha value is -1.43. The normalized spacial score (nSPS) is 10.9. The molecule has 0 aliphatic rings. The van der Waals surface area contributed by atoms with Crippen LogP contribution < -0.4 is 5.32 Å². The van der Waals surface area contributed by atoms with E-state index in [1.807, 2.05) is 23.1 Å². The molecule has 1 aromatic rings. The van der Waals surface area contributed by atoms with Crippen LogP contribution in [0.15, 0.2) is 24.3 Å². The third-order valence-corrected chi connectivity index (χ3v) is 3.21. The second-order valence-electron chi connectivity index (χ2n) is 4.86. The highest BCUT2D eigenvalue weighted by atomic mass is 16.5. The summed E-state index contributed by atoms with van der Waals surface area (Å²) in [6.07, 6.45) is 0.956. The number of benzene rings is 1. The van der Waals surface area contributed by atoms with Gasteiger partial charge in [0.15, 0.2) is 0 Å². The van der Waals surface area contributed by atoms with E-state index < -0.39 is 0 Å². The smallest absolute Gasteiger partial charge is 0.238 e. The number of methoxy groups -OCH3 is 2. The molecule has 0 radical (unpaired) electrons. The molecular formula is C16H26N2O3. The molecule has 0 saturated heterocycles. The SMILES string of the molecule is CCc1cccc(NC(=O)CN(CCOC)CCOC)c1. The molecule has 0 spiro atoms. The number of nitrogens with one attached hydrogen (secondary N) is 1. The first kappa shape index (κ1) is 17.6. The number of carbonyl (C=O) groups excluding carboxylic acids is 1. The van der Waals surface area contributed by atoms with Gasteiger partial charge in [-0.1, -0.05) is 19.1 Å². The predicted octanol–water partition coefficient (Wildman–Crippen LogP) is 1.78. The van der Waals surface area contributed by atoms with Crippen molar-refractivity contribution >= 4 is 11.6 Å². The van der Waals surface area contributed by atoms with Gasteiger partial charge in [-0.05, 0) is 24.1 Å². The van der Waals surface area contributed by atoms with Crippen LogP contribution in [0.25, 0.3) is 0 Å². The van der Waals surface area contributed by atoms with Crippen LogP contribution in [0.2, 0.25) is 0 Å². The predicted molar refractivity (Wildman–Crippen MR) is 84.6 cm³/mol. The fraction of sp³-hybridized carbons (Fsp3) is 0.562. The summed E-state index contributed by atoms with van der Waals surface area (Å²) < 4.78 is 10.1. The molecule has 1 amide bonds. The summed E-state index contributed by atoms with van der Waals surface area (Å²) in [5.41, 5.74) is 2.06. The zero-order valence-corrected chi connectivity index (χ0v) is 13.2. The third kappa shape index (κ3) is 7.22. The Morgan fingerprint density at radius 3 is 2.43 bits per heavy atom. The van der Waals surface area contributed by atoms with Gasteiger partial charge in [0.2, 0.25) is 5.91 Å². The fourth-order valence-corrected chi connectivity index (χ4v) is 1.98. The lowest BCUT2D eigenvalue weighted by atomic mass is 10.1. The van der Waals surface area contributed by atoms with Crippen molar-refractivity contribution in [1.82, 2.24) is 4.90 Å². The molecule has 21 heavy (non-hydrogen) atoms. The number of nitrogens with zero attached hydrogens (tertiary/aromatic N) is 1. The van der Waals surface area contributed by atoms with Gasteiger partial charge in [-0.15, -0.1) is 0 Å². The first-order chi connectivity index (χ1) is 10.2. The lowest BCUT2D eigenvalue weighted by Crippen LogP contribution is -2.37. The molecule has 1 rings (SSSR count). The van der Waals surface area contributed by atoms with Crippen LogP contribution in [0.5, 0.6) is 0 Å². The molecule has 0 aromatic heterocycles. The van der Waals surface area contributed by atoms with Gasteiger partial charge in [0.25, 0.3) is 0 Å². The molecular weight excluding hydrogens is 268 g/mol. The molecule has 5 heteroatoms. The molecule has 0 aliphatic heterocycles. The monoisotopic (exact) mass is 294 g/mol. The Morgan fingerprint density at radius 2 is 1.86 bits per heavy atom. The molecule has 0 unspecified atom stereocenters. The Morgan fingerprint density at radius 1 is 1.19 bits per heavy atom. The Labute approximate surface area is 127 Å². The van der Waals surface area contributed by atoms with E-state index in [0.717, 1.165) is 12.1 Å². The zero-order chi connectivity index (χ0) is 15.5. The van der Waals surface area contributed by atoms with Gasteiger partial charge in [0, 0.05) is 33.0 Å². The number of amides is 1. The Kier molecular flexibility index (Phi) is 8.66. The minimum atomic E-state index is -0.0181. The minimum Gasteiger partial charge on any atom is -0.383 e. The van der Waals surface area contributed by atoms with Crippen LogP contribution in [0.3, 0.4) is 0 Å². The maximum atomic E-state index is 12.1. The average Bonchev–Trinajstić information content (AvgIpc) is 2.50. The number of ether oxygens (including phenoxy) is 2. The number of aryl methyl sites for hydroxylation is 1. The van der Waals surface area contributed by atoms with Crippen LogP contribution in [0.4, 0.5) is 5.69 Å². The number of rotatable bonds is 10. The molecule has 0 heterocycles. The standard InChI is InChI=1S/C16H26N2O3/c1-4-14-6-5-7-15(12-14)17-16(19)13-18(8-10-20-2)9-11-21-3/h5-7,12H,4,8-11,13H2,1-3H3,(H,17,19). The summed E-state index contributed by atoms with van der Waals surface area (Å²) in [7, 11) is 3.32. The lowest BCUT2D eigenvalue weighted by molar-refractivity contribution is -0.117. The molecule has 1 aromatic carbocycles. The Bertz CT molecular complexity index is 416. The van der Waals surface area contributed by atoms with E-state index >= 15 is 0 Å². The topological polar surface area (TPSA) is 50.8 Å². The van der Waals surface area contributed by atoms with Crippen molar-refractivity contribution in [2.45, 2.75) is 13.3 Å². The highest BCUT2D eigenvalue weighted by Crippen LogP contribution is 2.11. The van der Waals surface area contributed by atoms with Crippen LogP contribution in [0, 0.1) is 0 Å². The highest BCUT2D eigenvalue weighted by molar-refractivity contribution is 5.92. The van der Waals surface area contributed by atoms with E-state index in [1.165, 1.54) is 5.56 Å². The average molecular weight is 294 g/mol. The van der Waals surface area contributed by atoms with Gasteiger partial charge < -0.3 is 14.8 Å². The lowest BCUT2D eigenvalue weighted by Gasteiger charge is -2.21. The molecule has 5 nitrogen and oxygen atoms in total. The van der Waals surface area contributed by atoms with Crippen LogP contribution in [-0.4, -0.2) is 57.9 Å².